The lowest BCUT2D eigenvalue weighted by molar-refractivity contribution is 0.483. The fraction of sp³-hybridized carbons (Fsp3) is 0.0943. The Morgan fingerprint density at radius 1 is 0.526 bits per heavy atom. The highest BCUT2D eigenvalue weighted by Crippen LogP contribution is 2.58. The van der Waals surface area contributed by atoms with Crippen LogP contribution in [0.5, 0.6) is 11.5 Å². The molecule has 1 N–H and O–H groups in total. The summed E-state index contributed by atoms with van der Waals surface area (Å²) in [5.41, 5.74) is 16.4. The van der Waals surface area contributed by atoms with E-state index in [4.69, 9.17) is 4.74 Å². The average Bonchev–Trinajstić information content (AvgIpc) is 3.50. The van der Waals surface area contributed by atoms with E-state index in [2.05, 4.69) is 187 Å². The zero-order valence-corrected chi connectivity index (χ0v) is 32.2. The SMILES string of the molecule is CC1(C)c2ccccc2-c2c1ccc(N(c1cccc(Oc3ccccc3)c1)c1cccc(-c3ccccc3)c1)c2-c1cccc2c1NCCN2c1ccccc1. The van der Waals surface area contributed by atoms with Crippen molar-refractivity contribution in [2.75, 3.05) is 28.2 Å². The van der Waals surface area contributed by atoms with Gasteiger partial charge < -0.3 is 19.9 Å². The molecular weight excluding hydrogens is 695 g/mol. The van der Waals surface area contributed by atoms with Crippen LogP contribution in [0, 0.1) is 0 Å². The molecule has 0 bridgehead atoms. The smallest absolute Gasteiger partial charge is 0.129 e. The molecule has 0 spiro atoms. The molecule has 0 saturated carbocycles. The van der Waals surface area contributed by atoms with Crippen LogP contribution in [0.3, 0.4) is 0 Å². The summed E-state index contributed by atoms with van der Waals surface area (Å²) in [6, 6.07) is 69.2. The monoisotopic (exact) mass is 737 g/mol. The first kappa shape index (κ1) is 34.5. The van der Waals surface area contributed by atoms with Crippen molar-refractivity contribution in [2.24, 2.45) is 0 Å². The van der Waals surface area contributed by atoms with Gasteiger partial charge in [0.15, 0.2) is 0 Å². The van der Waals surface area contributed by atoms with E-state index in [0.29, 0.717) is 0 Å². The molecule has 0 aromatic heterocycles. The Hall–Kier alpha value is -7.04. The summed E-state index contributed by atoms with van der Waals surface area (Å²) in [6.45, 7) is 6.43. The van der Waals surface area contributed by atoms with E-state index in [1.54, 1.807) is 0 Å². The normalized spacial score (nSPS) is 13.5. The predicted molar refractivity (Wildman–Crippen MR) is 238 cm³/mol. The van der Waals surface area contributed by atoms with Crippen LogP contribution in [0.2, 0.25) is 0 Å². The molecular formula is C53H43N3O. The molecule has 0 radical (unpaired) electrons. The van der Waals surface area contributed by atoms with Gasteiger partial charge in [-0.25, -0.2) is 0 Å². The number of benzene rings is 8. The van der Waals surface area contributed by atoms with Crippen LogP contribution in [0.15, 0.2) is 194 Å². The molecule has 0 fully saturated rings. The summed E-state index contributed by atoms with van der Waals surface area (Å²) in [5, 5.41) is 3.90. The second-order valence-electron chi connectivity index (χ2n) is 15.3. The molecule has 276 valence electrons. The molecule has 8 aromatic carbocycles. The number of nitrogens with one attached hydrogen (secondary N) is 1. The van der Waals surface area contributed by atoms with E-state index < -0.39 is 0 Å². The highest BCUT2D eigenvalue weighted by Gasteiger charge is 2.39. The fourth-order valence-corrected chi connectivity index (χ4v) is 8.88. The third-order valence-corrected chi connectivity index (χ3v) is 11.5. The maximum atomic E-state index is 6.48. The number of hydrogen-bond donors (Lipinski definition) is 1. The Balaban J connectivity index is 1.26. The Kier molecular flexibility index (Phi) is 8.60. The molecule has 0 amide bonds. The highest BCUT2D eigenvalue weighted by atomic mass is 16.5. The number of hydrogen-bond acceptors (Lipinski definition) is 4. The van der Waals surface area contributed by atoms with Crippen molar-refractivity contribution >= 4 is 34.1 Å². The minimum Gasteiger partial charge on any atom is -0.457 e. The zero-order chi connectivity index (χ0) is 38.3. The van der Waals surface area contributed by atoms with E-state index in [9.17, 15) is 0 Å². The van der Waals surface area contributed by atoms with Crippen molar-refractivity contribution in [1.82, 2.24) is 0 Å². The Morgan fingerprint density at radius 3 is 1.96 bits per heavy atom. The molecule has 2 aliphatic rings. The summed E-state index contributed by atoms with van der Waals surface area (Å²) >= 11 is 0. The standard InChI is InChI=1S/C53H43N3O/c1-53(2)46-29-13-12-27-44(46)50-47(53)31-32-48(51(50)45-28-16-30-49-52(45)54-33-34-55(49)39-20-8-4-9-21-39)56(40-22-14-19-38(35-40)37-17-6-3-7-18-37)41-23-15-26-43(36-41)57-42-24-10-5-11-25-42/h3-32,35-36,54H,33-34H2,1-2H3. The number of anilines is 6. The molecule has 4 heteroatoms. The molecule has 1 aliphatic heterocycles. The summed E-state index contributed by atoms with van der Waals surface area (Å²) in [6.07, 6.45) is 0. The van der Waals surface area contributed by atoms with Crippen LogP contribution in [0.1, 0.15) is 25.0 Å². The van der Waals surface area contributed by atoms with Gasteiger partial charge in [0.25, 0.3) is 0 Å². The van der Waals surface area contributed by atoms with Gasteiger partial charge in [-0.1, -0.05) is 141 Å². The van der Waals surface area contributed by atoms with Crippen LogP contribution in [-0.4, -0.2) is 13.1 Å². The third kappa shape index (κ3) is 6.11. The summed E-state index contributed by atoms with van der Waals surface area (Å²) in [7, 11) is 0. The van der Waals surface area contributed by atoms with Crippen LogP contribution in [0.4, 0.5) is 34.1 Å². The van der Waals surface area contributed by atoms with Crippen molar-refractivity contribution < 1.29 is 4.74 Å². The molecule has 1 aliphatic carbocycles. The molecule has 8 aromatic rings. The first-order valence-corrected chi connectivity index (χ1v) is 19.8. The Labute approximate surface area is 335 Å². The van der Waals surface area contributed by atoms with Gasteiger partial charge in [0, 0.05) is 52.8 Å². The van der Waals surface area contributed by atoms with Crippen molar-refractivity contribution in [3.05, 3.63) is 205 Å². The molecule has 10 rings (SSSR count). The van der Waals surface area contributed by atoms with Gasteiger partial charge in [0.2, 0.25) is 0 Å². The van der Waals surface area contributed by atoms with Crippen molar-refractivity contribution in [2.45, 2.75) is 19.3 Å². The second kappa shape index (κ2) is 14.2. The van der Waals surface area contributed by atoms with E-state index in [1.807, 2.05) is 36.4 Å². The molecule has 0 unspecified atom stereocenters. The molecule has 57 heavy (non-hydrogen) atoms. The molecule has 4 nitrogen and oxygen atoms in total. The average molecular weight is 738 g/mol. The van der Waals surface area contributed by atoms with Gasteiger partial charge in [-0.2, -0.15) is 0 Å². The van der Waals surface area contributed by atoms with Crippen molar-refractivity contribution in [3.63, 3.8) is 0 Å². The lowest BCUT2D eigenvalue weighted by Gasteiger charge is -2.35. The number of para-hydroxylation sites is 3. The largest absolute Gasteiger partial charge is 0.457 e. The van der Waals surface area contributed by atoms with Gasteiger partial charge in [0.05, 0.1) is 17.1 Å². The topological polar surface area (TPSA) is 27.7 Å². The summed E-state index contributed by atoms with van der Waals surface area (Å²) < 4.78 is 6.48. The van der Waals surface area contributed by atoms with Crippen LogP contribution >= 0.6 is 0 Å². The lowest BCUT2D eigenvalue weighted by Crippen LogP contribution is -2.30. The predicted octanol–water partition coefficient (Wildman–Crippen LogP) is 14.2. The number of ether oxygens (including phenoxy) is 1. The molecule has 0 atom stereocenters. The van der Waals surface area contributed by atoms with Gasteiger partial charge in [-0.15, -0.1) is 0 Å². The molecule has 1 heterocycles. The quantitative estimate of drug-likeness (QED) is 0.168. The fourth-order valence-electron chi connectivity index (χ4n) is 8.88. The second-order valence-corrected chi connectivity index (χ2v) is 15.3. The van der Waals surface area contributed by atoms with Crippen LogP contribution < -0.4 is 19.9 Å². The van der Waals surface area contributed by atoms with Crippen molar-refractivity contribution in [3.8, 4) is 44.9 Å². The van der Waals surface area contributed by atoms with Gasteiger partial charge in [0.1, 0.15) is 11.5 Å². The minimum atomic E-state index is -0.182. The Bertz CT molecular complexity index is 2720. The number of fused-ring (bicyclic) bond motifs is 4. The minimum absolute atomic E-state index is 0.182. The first-order valence-electron chi connectivity index (χ1n) is 19.8. The Morgan fingerprint density at radius 2 is 1.16 bits per heavy atom. The molecule has 0 saturated heterocycles. The zero-order valence-electron chi connectivity index (χ0n) is 32.2. The number of nitrogens with zero attached hydrogens (tertiary/aromatic N) is 2. The van der Waals surface area contributed by atoms with E-state index in [0.717, 1.165) is 52.9 Å². The van der Waals surface area contributed by atoms with Gasteiger partial charge in [-0.05, 0) is 94.0 Å². The highest BCUT2D eigenvalue weighted by molar-refractivity contribution is 6.06. The maximum absolute atomic E-state index is 6.48. The van der Waals surface area contributed by atoms with Gasteiger partial charge >= 0.3 is 0 Å². The first-order chi connectivity index (χ1) is 28.0. The van der Waals surface area contributed by atoms with Crippen LogP contribution in [0.25, 0.3) is 33.4 Å². The van der Waals surface area contributed by atoms with Crippen LogP contribution in [-0.2, 0) is 5.41 Å². The van der Waals surface area contributed by atoms with E-state index in [1.165, 1.54) is 50.3 Å². The lowest BCUT2D eigenvalue weighted by atomic mass is 9.81. The van der Waals surface area contributed by atoms with E-state index >= 15 is 0 Å². The summed E-state index contributed by atoms with van der Waals surface area (Å²) in [5.74, 6) is 1.57. The number of rotatable bonds is 8. The van der Waals surface area contributed by atoms with Crippen molar-refractivity contribution in [1.29, 1.82) is 0 Å². The van der Waals surface area contributed by atoms with E-state index in [-0.39, 0.29) is 5.41 Å². The van der Waals surface area contributed by atoms with Gasteiger partial charge in [-0.3, -0.25) is 0 Å². The third-order valence-electron chi connectivity index (χ3n) is 11.5. The maximum Gasteiger partial charge on any atom is 0.129 e. The summed E-state index contributed by atoms with van der Waals surface area (Å²) in [4.78, 5) is 4.87.